The number of hydrogen-bond donors (Lipinski definition) is 2. The molecule has 0 amide bonds. The molecule has 6 nitrogen and oxygen atoms in total. The molecule has 0 unspecified atom stereocenters. The van der Waals surface area contributed by atoms with Gasteiger partial charge < -0.3 is 15.8 Å². The lowest BCUT2D eigenvalue weighted by Crippen LogP contribution is -2.08. The highest BCUT2D eigenvalue weighted by Gasteiger charge is 2.21. The lowest BCUT2D eigenvalue weighted by Gasteiger charge is -2.13. The van der Waals surface area contributed by atoms with Gasteiger partial charge in [-0.15, -0.1) is 0 Å². The Morgan fingerprint density at radius 1 is 1.19 bits per heavy atom. The van der Waals surface area contributed by atoms with Crippen LogP contribution in [0.15, 0.2) is 42.5 Å². The van der Waals surface area contributed by atoms with Crippen LogP contribution in [0.4, 0.5) is 22.7 Å². The van der Waals surface area contributed by atoms with Gasteiger partial charge in [-0.05, 0) is 50.2 Å². The van der Waals surface area contributed by atoms with Crippen LogP contribution in [0.3, 0.4) is 0 Å². The molecule has 0 fully saturated rings. The molecule has 0 radical (unpaired) electrons. The molecule has 0 saturated heterocycles. The van der Waals surface area contributed by atoms with Crippen LogP contribution in [0.2, 0.25) is 0 Å². The molecule has 0 saturated carbocycles. The molecule has 6 heteroatoms. The maximum absolute atomic E-state index is 11.3. The number of benzene rings is 2. The summed E-state index contributed by atoms with van der Waals surface area (Å²) < 4.78 is 5.50. The van der Waals surface area contributed by atoms with Crippen molar-refractivity contribution in [1.29, 1.82) is 0 Å². The molecule has 0 aliphatic rings. The Balaban J connectivity index is 2.38. The zero-order valence-corrected chi connectivity index (χ0v) is 11.9. The van der Waals surface area contributed by atoms with Crippen molar-refractivity contribution in [3.05, 3.63) is 52.6 Å². The fraction of sp³-hybridized carbons (Fsp3) is 0.200. The quantitative estimate of drug-likeness (QED) is 0.497. The van der Waals surface area contributed by atoms with E-state index < -0.39 is 4.92 Å². The average Bonchev–Trinajstić information content (AvgIpc) is 2.40. The van der Waals surface area contributed by atoms with Gasteiger partial charge >= 0.3 is 5.69 Å². The molecule has 2 rings (SSSR count). The van der Waals surface area contributed by atoms with Crippen LogP contribution in [-0.4, -0.2) is 11.0 Å². The number of nitrogens with two attached hydrogens (primary N) is 1. The van der Waals surface area contributed by atoms with Crippen molar-refractivity contribution in [3.63, 3.8) is 0 Å². The normalized spacial score (nSPS) is 10.4. The molecule has 2 aromatic rings. The molecule has 0 bridgehead atoms. The van der Waals surface area contributed by atoms with Gasteiger partial charge in [-0.1, -0.05) is 6.07 Å². The number of rotatable bonds is 5. The van der Waals surface area contributed by atoms with Crippen LogP contribution in [0, 0.1) is 10.1 Å². The van der Waals surface area contributed by atoms with Gasteiger partial charge in [0, 0.05) is 11.4 Å². The summed E-state index contributed by atoms with van der Waals surface area (Å²) in [6.45, 7) is 3.65. The summed E-state index contributed by atoms with van der Waals surface area (Å²) in [7, 11) is 0. The van der Waals surface area contributed by atoms with Gasteiger partial charge in [-0.2, -0.15) is 0 Å². The summed E-state index contributed by atoms with van der Waals surface area (Å²) >= 11 is 0. The van der Waals surface area contributed by atoms with Crippen LogP contribution in [-0.2, 0) is 0 Å². The van der Waals surface area contributed by atoms with E-state index in [2.05, 4.69) is 5.32 Å². The van der Waals surface area contributed by atoms with E-state index in [1.165, 1.54) is 0 Å². The summed E-state index contributed by atoms with van der Waals surface area (Å²) in [5.41, 5.74) is 7.27. The Labute approximate surface area is 122 Å². The highest BCUT2D eigenvalue weighted by molar-refractivity contribution is 5.74. The van der Waals surface area contributed by atoms with E-state index in [-0.39, 0.29) is 17.5 Å². The summed E-state index contributed by atoms with van der Waals surface area (Å²) in [4.78, 5) is 10.9. The zero-order valence-electron chi connectivity index (χ0n) is 11.9. The van der Waals surface area contributed by atoms with Crippen molar-refractivity contribution in [2.24, 2.45) is 0 Å². The summed E-state index contributed by atoms with van der Waals surface area (Å²) in [5.74, 6) is 0.246. The molecule has 0 aliphatic carbocycles. The second-order valence-corrected chi connectivity index (χ2v) is 4.82. The Morgan fingerprint density at radius 3 is 2.43 bits per heavy atom. The third kappa shape index (κ3) is 3.62. The van der Waals surface area contributed by atoms with Gasteiger partial charge in [0.15, 0.2) is 5.75 Å². The highest BCUT2D eigenvalue weighted by Crippen LogP contribution is 2.36. The van der Waals surface area contributed by atoms with E-state index >= 15 is 0 Å². The van der Waals surface area contributed by atoms with Crippen LogP contribution in [0.25, 0.3) is 0 Å². The van der Waals surface area contributed by atoms with Crippen molar-refractivity contribution >= 4 is 22.7 Å². The molecular formula is C15H17N3O3. The molecule has 0 atom stereocenters. The maximum Gasteiger partial charge on any atom is 0.334 e. The fourth-order valence-electron chi connectivity index (χ4n) is 1.88. The number of nitrogen functional groups attached to an aromatic ring is 1. The van der Waals surface area contributed by atoms with E-state index in [1.54, 1.807) is 42.5 Å². The SMILES string of the molecule is CC(C)Oc1cccc(Nc2ccc(N)cc2)c1[N+](=O)[O-]. The summed E-state index contributed by atoms with van der Waals surface area (Å²) in [6.07, 6.45) is -0.143. The first-order valence-corrected chi connectivity index (χ1v) is 6.54. The predicted octanol–water partition coefficient (Wildman–Crippen LogP) is 3.71. The first-order valence-electron chi connectivity index (χ1n) is 6.54. The van der Waals surface area contributed by atoms with Gasteiger partial charge in [0.05, 0.1) is 11.0 Å². The molecule has 110 valence electrons. The lowest BCUT2D eigenvalue weighted by atomic mass is 10.2. The number of nitro groups is 1. The number of nitrogens with one attached hydrogen (secondary N) is 1. The molecule has 21 heavy (non-hydrogen) atoms. The highest BCUT2D eigenvalue weighted by atomic mass is 16.6. The first kappa shape index (κ1) is 14.6. The van der Waals surface area contributed by atoms with E-state index in [9.17, 15) is 10.1 Å². The number of anilines is 3. The van der Waals surface area contributed by atoms with Crippen LogP contribution >= 0.6 is 0 Å². The molecule has 0 heterocycles. The van der Waals surface area contributed by atoms with Crippen molar-refractivity contribution in [3.8, 4) is 5.75 Å². The Hall–Kier alpha value is -2.76. The van der Waals surface area contributed by atoms with Crippen molar-refractivity contribution in [2.75, 3.05) is 11.1 Å². The van der Waals surface area contributed by atoms with Crippen LogP contribution < -0.4 is 15.8 Å². The smallest absolute Gasteiger partial charge is 0.334 e. The summed E-state index contributed by atoms with van der Waals surface area (Å²) in [5, 5.41) is 14.4. The fourth-order valence-corrected chi connectivity index (χ4v) is 1.88. The third-order valence-corrected chi connectivity index (χ3v) is 2.73. The number of hydrogen-bond acceptors (Lipinski definition) is 5. The van der Waals surface area contributed by atoms with Crippen molar-refractivity contribution in [2.45, 2.75) is 20.0 Å². The third-order valence-electron chi connectivity index (χ3n) is 2.73. The van der Waals surface area contributed by atoms with Gasteiger partial charge in [-0.25, -0.2) is 0 Å². The van der Waals surface area contributed by atoms with Crippen LogP contribution in [0.1, 0.15) is 13.8 Å². The number of nitro benzene ring substituents is 1. The van der Waals surface area contributed by atoms with Crippen LogP contribution in [0.5, 0.6) is 5.75 Å². The minimum atomic E-state index is -0.447. The second-order valence-electron chi connectivity index (χ2n) is 4.82. The number of ether oxygens (including phenoxy) is 1. The predicted molar refractivity (Wildman–Crippen MR) is 83.0 cm³/mol. The maximum atomic E-state index is 11.3. The van der Waals surface area contributed by atoms with E-state index in [4.69, 9.17) is 10.5 Å². The molecule has 0 aliphatic heterocycles. The second kappa shape index (κ2) is 6.13. The standard InChI is InChI=1S/C15H17N3O3/c1-10(2)21-14-5-3-4-13(15(14)18(19)20)17-12-8-6-11(16)7-9-12/h3-10,17H,16H2,1-2H3. The van der Waals surface area contributed by atoms with E-state index in [0.29, 0.717) is 17.1 Å². The zero-order chi connectivity index (χ0) is 15.4. The molecular weight excluding hydrogens is 270 g/mol. The topological polar surface area (TPSA) is 90.4 Å². The average molecular weight is 287 g/mol. The van der Waals surface area contributed by atoms with E-state index in [0.717, 1.165) is 0 Å². The van der Waals surface area contributed by atoms with Gasteiger partial charge in [0.2, 0.25) is 0 Å². The first-order chi connectivity index (χ1) is 9.97. The van der Waals surface area contributed by atoms with Gasteiger partial charge in [0.1, 0.15) is 5.69 Å². The Kier molecular flexibility index (Phi) is 4.27. The minimum absolute atomic E-state index is 0.0805. The van der Waals surface area contributed by atoms with Crippen molar-refractivity contribution in [1.82, 2.24) is 0 Å². The summed E-state index contributed by atoms with van der Waals surface area (Å²) in [6, 6.07) is 11.9. The largest absolute Gasteiger partial charge is 0.484 e. The Morgan fingerprint density at radius 2 is 1.86 bits per heavy atom. The van der Waals surface area contributed by atoms with E-state index in [1.807, 2.05) is 13.8 Å². The molecule has 3 N–H and O–H groups in total. The van der Waals surface area contributed by atoms with Crippen molar-refractivity contribution < 1.29 is 9.66 Å². The molecule has 0 spiro atoms. The van der Waals surface area contributed by atoms with Gasteiger partial charge in [0.25, 0.3) is 0 Å². The molecule has 2 aromatic carbocycles. The minimum Gasteiger partial charge on any atom is -0.484 e. The monoisotopic (exact) mass is 287 g/mol. The number of nitrogens with zero attached hydrogens (tertiary/aromatic N) is 1. The lowest BCUT2D eigenvalue weighted by molar-refractivity contribution is -0.385. The molecule has 0 aromatic heterocycles. The Bertz CT molecular complexity index is 639. The number of para-hydroxylation sites is 1. The van der Waals surface area contributed by atoms with Gasteiger partial charge in [-0.3, -0.25) is 10.1 Å².